The molecule has 2 aromatic carbocycles. The van der Waals surface area contributed by atoms with Crippen LogP contribution in [0.25, 0.3) is 10.8 Å². The number of hydrogen-bond acceptors (Lipinski definition) is 3. The maximum absolute atomic E-state index is 10.9. The van der Waals surface area contributed by atoms with Crippen molar-refractivity contribution in [3.8, 4) is 5.75 Å². The average molecular weight is 202 g/mol. The van der Waals surface area contributed by atoms with Gasteiger partial charge in [0.15, 0.2) is 5.75 Å². The van der Waals surface area contributed by atoms with Crippen LogP contribution in [0, 0.1) is 16.2 Å². The van der Waals surface area contributed by atoms with Crippen LogP contribution in [0.1, 0.15) is 0 Å². The number of fused-ring (bicyclic) bond motifs is 1. The summed E-state index contributed by atoms with van der Waals surface area (Å²) in [5.41, 5.74) is -0.00755. The van der Waals surface area contributed by atoms with Gasteiger partial charge >= 0.3 is 5.69 Å². The Kier molecular flexibility index (Phi) is 2.25. The van der Waals surface area contributed by atoms with Crippen LogP contribution in [-0.2, 0) is 0 Å². The molecule has 75 valence electrons. The number of nitrogens with zero attached hydrogens (tertiary/aromatic N) is 1. The summed E-state index contributed by atoms with van der Waals surface area (Å²) < 4.78 is 4.96. The number of hydrogen-bond donors (Lipinski definition) is 0. The van der Waals surface area contributed by atoms with Gasteiger partial charge in [-0.05, 0) is 29.7 Å². The number of nitro benzene ring substituents is 1. The molecule has 0 heterocycles. The summed E-state index contributed by atoms with van der Waals surface area (Å²) in [5.74, 6) is 0.270. The van der Waals surface area contributed by atoms with Gasteiger partial charge in [-0.1, -0.05) is 12.1 Å². The molecule has 0 saturated heterocycles. The molecule has 4 nitrogen and oxygen atoms in total. The second-order valence-electron chi connectivity index (χ2n) is 3.00. The molecule has 0 unspecified atom stereocenters. The lowest BCUT2D eigenvalue weighted by molar-refractivity contribution is -0.383. The zero-order valence-corrected chi connectivity index (χ0v) is 8.06. The van der Waals surface area contributed by atoms with Gasteiger partial charge in [0.05, 0.1) is 17.4 Å². The zero-order valence-electron chi connectivity index (χ0n) is 8.06. The molecule has 0 spiro atoms. The fourth-order valence-corrected chi connectivity index (χ4v) is 1.52. The molecule has 1 radical (unpaired) electrons. The van der Waals surface area contributed by atoms with Gasteiger partial charge in [0, 0.05) is 0 Å². The van der Waals surface area contributed by atoms with Crippen LogP contribution in [-0.4, -0.2) is 12.0 Å². The predicted octanol–water partition coefficient (Wildman–Crippen LogP) is 2.56. The van der Waals surface area contributed by atoms with Gasteiger partial charge < -0.3 is 4.74 Å². The highest BCUT2D eigenvalue weighted by Crippen LogP contribution is 2.34. The number of nitro groups is 1. The van der Waals surface area contributed by atoms with Crippen molar-refractivity contribution in [2.45, 2.75) is 0 Å². The van der Waals surface area contributed by atoms with Crippen LogP contribution in [0.2, 0.25) is 0 Å². The Morgan fingerprint density at radius 2 is 2.20 bits per heavy atom. The van der Waals surface area contributed by atoms with Crippen molar-refractivity contribution in [3.05, 3.63) is 46.5 Å². The van der Waals surface area contributed by atoms with E-state index in [-0.39, 0.29) is 11.4 Å². The highest BCUT2D eigenvalue weighted by molar-refractivity contribution is 5.93. The molecule has 0 amide bonds. The molecule has 0 fully saturated rings. The van der Waals surface area contributed by atoms with E-state index >= 15 is 0 Å². The van der Waals surface area contributed by atoms with Crippen molar-refractivity contribution in [1.29, 1.82) is 0 Å². The maximum Gasteiger partial charge on any atom is 0.318 e. The van der Waals surface area contributed by atoms with E-state index in [0.717, 1.165) is 0 Å². The Morgan fingerprint density at radius 1 is 1.40 bits per heavy atom. The Hall–Kier alpha value is -2.10. The molecule has 0 atom stereocenters. The first-order valence-electron chi connectivity index (χ1n) is 4.36. The van der Waals surface area contributed by atoms with Crippen molar-refractivity contribution in [1.82, 2.24) is 0 Å². The van der Waals surface area contributed by atoms with E-state index in [1.165, 1.54) is 7.11 Å². The van der Waals surface area contributed by atoms with Gasteiger partial charge in [-0.2, -0.15) is 0 Å². The van der Waals surface area contributed by atoms with E-state index < -0.39 is 4.92 Å². The molecular weight excluding hydrogens is 194 g/mol. The van der Waals surface area contributed by atoms with Gasteiger partial charge in [0.2, 0.25) is 0 Å². The van der Waals surface area contributed by atoms with Gasteiger partial charge in [-0.15, -0.1) is 0 Å². The average Bonchev–Trinajstić information content (AvgIpc) is 2.27. The molecule has 2 rings (SSSR count). The predicted molar refractivity (Wildman–Crippen MR) is 56.0 cm³/mol. The van der Waals surface area contributed by atoms with Crippen LogP contribution in [0.5, 0.6) is 5.75 Å². The molecule has 15 heavy (non-hydrogen) atoms. The van der Waals surface area contributed by atoms with Crippen LogP contribution < -0.4 is 4.74 Å². The van der Waals surface area contributed by atoms with E-state index in [0.29, 0.717) is 10.8 Å². The van der Waals surface area contributed by atoms with Crippen LogP contribution in [0.15, 0.2) is 30.3 Å². The third kappa shape index (κ3) is 1.50. The molecule has 0 N–H and O–H groups in total. The molecule has 0 aliphatic heterocycles. The van der Waals surface area contributed by atoms with Crippen molar-refractivity contribution in [2.24, 2.45) is 0 Å². The van der Waals surface area contributed by atoms with E-state index in [1.807, 2.05) is 0 Å². The number of benzene rings is 2. The monoisotopic (exact) mass is 202 g/mol. The molecule has 0 saturated carbocycles. The topological polar surface area (TPSA) is 52.4 Å². The van der Waals surface area contributed by atoms with Crippen LogP contribution in [0.4, 0.5) is 5.69 Å². The second kappa shape index (κ2) is 3.57. The minimum Gasteiger partial charge on any atom is -0.490 e. The first-order chi connectivity index (χ1) is 7.24. The summed E-state index contributed by atoms with van der Waals surface area (Å²) in [6, 6.07) is 11.4. The Morgan fingerprint density at radius 3 is 2.87 bits per heavy atom. The normalized spacial score (nSPS) is 10.2. The van der Waals surface area contributed by atoms with E-state index in [2.05, 4.69) is 6.07 Å². The van der Waals surface area contributed by atoms with Crippen molar-refractivity contribution in [3.63, 3.8) is 0 Å². The third-order valence-corrected chi connectivity index (χ3v) is 2.18. The van der Waals surface area contributed by atoms with Crippen molar-refractivity contribution < 1.29 is 9.66 Å². The highest BCUT2D eigenvalue weighted by Gasteiger charge is 2.18. The summed E-state index contributed by atoms with van der Waals surface area (Å²) >= 11 is 0. The first kappa shape index (κ1) is 9.45. The number of rotatable bonds is 2. The second-order valence-corrected chi connectivity index (χ2v) is 3.00. The standard InChI is InChI=1S/C11H8NO3/c1-15-10-7-6-8-4-2-3-5-9(8)11(10)12(13)14/h2-3,5-7H,1H3. The van der Waals surface area contributed by atoms with Crippen molar-refractivity contribution in [2.75, 3.05) is 7.11 Å². The van der Waals surface area contributed by atoms with Crippen LogP contribution >= 0.6 is 0 Å². The third-order valence-electron chi connectivity index (χ3n) is 2.18. The number of ether oxygens (including phenoxy) is 1. The summed E-state index contributed by atoms with van der Waals surface area (Å²) in [7, 11) is 1.42. The highest BCUT2D eigenvalue weighted by atomic mass is 16.6. The van der Waals surface area contributed by atoms with Gasteiger partial charge in [0.25, 0.3) is 0 Å². The Bertz CT molecular complexity index is 522. The minimum atomic E-state index is -0.436. The number of methoxy groups -OCH3 is 1. The Balaban J connectivity index is 2.85. The SMILES string of the molecule is COc1ccc2[c]cccc2c1[N+](=O)[O-]. The molecule has 0 aliphatic rings. The van der Waals surface area contributed by atoms with Gasteiger partial charge in [0.1, 0.15) is 0 Å². The fraction of sp³-hybridized carbons (Fsp3) is 0.0909. The van der Waals surface area contributed by atoms with Crippen molar-refractivity contribution >= 4 is 16.5 Å². The molecule has 0 bridgehead atoms. The van der Waals surface area contributed by atoms with Gasteiger partial charge in [-0.25, -0.2) is 0 Å². The lowest BCUT2D eigenvalue weighted by Crippen LogP contribution is -1.94. The van der Waals surface area contributed by atoms with Crippen LogP contribution in [0.3, 0.4) is 0 Å². The molecular formula is C11H8NO3. The summed E-state index contributed by atoms with van der Waals surface area (Å²) in [6.45, 7) is 0. The first-order valence-corrected chi connectivity index (χ1v) is 4.36. The lowest BCUT2D eigenvalue weighted by Gasteiger charge is -2.04. The lowest BCUT2D eigenvalue weighted by atomic mass is 10.1. The van der Waals surface area contributed by atoms with E-state index in [4.69, 9.17) is 4.74 Å². The largest absolute Gasteiger partial charge is 0.490 e. The summed E-state index contributed by atoms with van der Waals surface area (Å²) in [4.78, 5) is 10.5. The molecule has 0 aromatic heterocycles. The summed E-state index contributed by atoms with van der Waals surface area (Å²) in [6.07, 6.45) is 0. The quantitative estimate of drug-likeness (QED) is 0.555. The summed E-state index contributed by atoms with van der Waals surface area (Å²) in [5, 5.41) is 12.2. The maximum atomic E-state index is 10.9. The fourth-order valence-electron chi connectivity index (χ4n) is 1.52. The molecule has 4 heteroatoms. The van der Waals surface area contributed by atoms with E-state index in [1.54, 1.807) is 30.3 Å². The Labute approximate surface area is 86.2 Å². The minimum absolute atomic E-state index is 0.00755. The smallest absolute Gasteiger partial charge is 0.318 e. The van der Waals surface area contributed by atoms with E-state index in [9.17, 15) is 10.1 Å². The molecule has 0 aliphatic carbocycles. The van der Waals surface area contributed by atoms with Gasteiger partial charge in [-0.3, -0.25) is 10.1 Å². The molecule has 2 aromatic rings. The zero-order chi connectivity index (χ0) is 10.8.